The van der Waals surface area contributed by atoms with Crippen LogP contribution in [0.25, 0.3) is 0 Å². The number of hydrogen-bond donors (Lipinski definition) is 0. The molecule has 1 saturated heterocycles. The van der Waals surface area contributed by atoms with Crippen molar-refractivity contribution < 1.29 is 4.79 Å². The maximum atomic E-state index is 12.7. The third-order valence-corrected chi connectivity index (χ3v) is 4.33. The molecule has 1 aromatic carbocycles. The SMILES string of the molecule is CN1CCN(C(=O)c2cccc(C#N)c2)CC1c1nccn1C. The molecular formula is C17H19N5O. The predicted molar refractivity (Wildman–Crippen MR) is 85.6 cm³/mol. The molecule has 0 bridgehead atoms. The van der Waals surface area contributed by atoms with E-state index in [1.165, 1.54) is 0 Å². The Labute approximate surface area is 135 Å². The fourth-order valence-electron chi connectivity index (χ4n) is 2.94. The van der Waals surface area contributed by atoms with Crippen LogP contribution in [-0.2, 0) is 7.05 Å². The number of nitrogens with zero attached hydrogens (tertiary/aromatic N) is 5. The molecule has 0 saturated carbocycles. The second kappa shape index (κ2) is 6.23. The third-order valence-electron chi connectivity index (χ3n) is 4.33. The Bertz CT molecular complexity index is 760. The molecule has 0 N–H and O–H groups in total. The molecule has 118 valence electrons. The first-order chi connectivity index (χ1) is 11.1. The van der Waals surface area contributed by atoms with Crippen molar-refractivity contribution in [3.05, 3.63) is 53.6 Å². The minimum atomic E-state index is -0.0330. The number of nitriles is 1. The molecule has 1 fully saturated rings. The summed E-state index contributed by atoms with van der Waals surface area (Å²) in [5.41, 5.74) is 1.07. The fraction of sp³-hybridized carbons (Fsp3) is 0.353. The number of hydrogen-bond acceptors (Lipinski definition) is 4. The molecule has 3 rings (SSSR count). The maximum absolute atomic E-state index is 12.7. The average molecular weight is 309 g/mol. The number of imidazole rings is 1. The smallest absolute Gasteiger partial charge is 0.254 e. The summed E-state index contributed by atoms with van der Waals surface area (Å²) >= 11 is 0. The number of aryl methyl sites for hydroxylation is 1. The van der Waals surface area contributed by atoms with E-state index in [-0.39, 0.29) is 11.9 Å². The average Bonchev–Trinajstić information content (AvgIpc) is 3.00. The Morgan fingerprint density at radius 1 is 1.35 bits per heavy atom. The Balaban J connectivity index is 1.82. The number of rotatable bonds is 2. The number of aromatic nitrogens is 2. The van der Waals surface area contributed by atoms with E-state index in [1.54, 1.807) is 30.5 Å². The van der Waals surface area contributed by atoms with Gasteiger partial charge in [0.05, 0.1) is 17.7 Å². The lowest BCUT2D eigenvalue weighted by Crippen LogP contribution is -2.49. The van der Waals surface area contributed by atoms with Crippen LogP contribution in [0, 0.1) is 11.3 Å². The van der Waals surface area contributed by atoms with Crippen molar-refractivity contribution in [2.24, 2.45) is 7.05 Å². The summed E-state index contributed by atoms with van der Waals surface area (Å²) in [5.74, 6) is 0.921. The Morgan fingerprint density at radius 3 is 2.87 bits per heavy atom. The second-order valence-corrected chi connectivity index (χ2v) is 5.84. The van der Waals surface area contributed by atoms with Crippen molar-refractivity contribution in [3.8, 4) is 6.07 Å². The van der Waals surface area contributed by atoms with Crippen molar-refractivity contribution in [3.63, 3.8) is 0 Å². The molecule has 1 aliphatic rings. The highest BCUT2D eigenvalue weighted by Crippen LogP contribution is 2.23. The van der Waals surface area contributed by atoms with Crippen LogP contribution < -0.4 is 0 Å². The summed E-state index contributed by atoms with van der Waals surface area (Å²) < 4.78 is 1.99. The van der Waals surface area contributed by atoms with Crippen molar-refractivity contribution in [1.29, 1.82) is 5.26 Å². The van der Waals surface area contributed by atoms with Crippen molar-refractivity contribution in [2.45, 2.75) is 6.04 Å². The predicted octanol–water partition coefficient (Wildman–Crippen LogP) is 1.42. The number of carbonyl (C=O) groups is 1. The number of carbonyl (C=O) groups excluding carboxylic acids is 1. The van der Waals surface area contributed by atoms with Gasteiger partial charge >= 0.3 is 0 Å². The van der Waals surface area contributed by atoms with Gasteiger partial charge in [-0.3, -0.25) is 9.69 Å². The highest BCUT2D eigenvalue weighted by molar-refractivity contribution is 5.94. The van der Waals surface area contributed by atoms with Gasteiger partial charge < -0.3 is 9.47 Å². The molecule has 6 heteroatoms. The zero-order valence-electron chi connectivity index (χ0n) is 13.3. The molecule has 1 aromatic heterocycles. The standard InChI is InChI=1S/C17H19N5O/c1-20-8-9-22(12-15(20)16-19-6-7-21(16)2)17(23)14-5-3-4-13(10-14)11-18/h3-7,10,15H,8-9,12H2,1-2H3. The molecule has 1 atom stereocenters. The summed E-state index contributed by atoms with van der Waals surface area (Å²) in [7, 11) is 4.02. The van der Waals surface area contributed by atoms with E-state index in [9.17, 15) is 4.79 Å². The molecule has 2 aromatic rings. The first kappa shape index (κ1) is 15.3. The summed E-state index contributed by atoms with van der Waals surface area (Å²) in [5, 5.41) is 8.99. The molecule has 2 heterocycles. The highest BCUT2D eigenvalue weighted by atomic mass is 16.2. The molecule has 0 radical (unpaired) electrons. The number of piperazine rings is 1. The van der Waals surface area contributed by atoms with Crippen LogP contribution in [-0.4, -0.2) is 51.9 Å². The van der Waals surface area contributed by atoms with E-state index < -0.39 is 0 Å². The van der Waals surface area contributed by atoms with Crippen LogP contribution in [0.15, 0.2) is 36.7 Å². The topological polar surface area (TPSA) is 65.2 Å². The van der Waals surface area contributed by atoms with Gasteiger partial charge in [0.25, 0.3) is 5.91 Å². The van der Waals surface area contributed by atoms with Crippen LogP contribution in [0.1, 0.15) is 27.8 Å². The van der Waals surface area contributed by atoms with Gasteiger partial charge in [0, 0.05) is 44.6 Å². The Kier molecular flexibility index (Phi) is 4.13. The van der Waals surface area contributed by atoms with Crippen molar-refractivity contribution in [2.75, 3.05) is 26.7 Å². The van der Waals surface area contributed by atoms with Gasteiger partial charge in [0.2, 0.25) is 0 Å². The lowest BCUT2D eigenvalue weighted by molar-refractivity contribution is 0.0529. The lowest BCUT2D eigenvalue weighted by Gasteiger charge is -2.39. The maximum Gasteiger partial charge on any atom is 0.254 e. The van der Waals surface area contributed by atoms with Crippen LogP contribution in [0.2, 0.25) is 0 Å². The van der Waals surface area contributed by atoms with Crippen molar-refractivity contribution in [1.82, 2.24) is 19.4 Å². The fourth-order valence-corrected chi connectivity index (χ4v) is 2.94. The molecule has 1 aliphatic heterocycles. The third kappa shape index (κ3) is 2.96. The first-order valence-electron chi connectivity index (χ1n) is 7.57. The van der Waals surface area contributed by atoms with Crippen LogP contribution in [0.5, 0.6) is 0 Å². The number of amides is 1. The van der Waals surface area contributed by atoms with E-state index in [0.717, 1.165) is 12.4 Å². The molecular weight excluding hydrogens is 290 g/mol. The zero-order valence-corrected chi connectivity index (χ0v) is 13.3. The number of likely N-dealkylation sites (N-methyl/N-ethyl adjacent to an activating group) is 1. The molecule has 1 unspecified atom stereocenters. The van der Waals surface area contributed by atoms with Crippen LogP contribution in [0.3, 0.4) is 0 Å². The zero-order chi connectivity index (χ0) is 16.4. The van der Waals surface area contributed by atoms with Crippen molar-refractivity contribution >= 4 is 5.91 Å². The number of benzene rings is 1. The van der Waals surface area contributed by atoms with E-state index in [2.05, 4.69) is 23.0 Å². The summed E-state index contributed by atoms with van der Waals surface area (Å²) in [4.78, 5) is 21.2. The van der Waals surface area contributed by atoms with Crippen LogP contribution >= 0.6 is 0 Å². The monoisotopic (exact) mass is 309 g/mol. The Morgan fingerprint density at radius 2 is 2.17 bits per heavy atom. The van der Waals surface area contributed by atoms with Gasteiger partial charge in [-0.05, 0) is 25.2 Å². The normalized spacial score (nSPS) is 18.7. The first-order valence-corrected chi connectivity index (χ1v) is 7.57. The quantitative estimate of drug-likeness (QED) is 0.841. The van der Waals surface area contributed by atoms with Gasteiger partial charge in [-0.1, -0.05) is 6.07 Å². The highest BCUT2D eigenvalue weighted by Gasteiger charge is 2.31. The van der Waals surface area contributed by atoms with E-state index in [0.29, 0.717) is 24.2 Å². The summed E-state index contributed by atoms with van der Waals surface area (Å²) in [6, 6.07) is 9.02. The van der Waals surface area contributed by atoms with Gasteiger partial charge in [-0.15, -0.1) is 0 Å². The van der Waals surface area contributed by atoms with E-state index in [1.807, 2.05) is 22.7 Å². The minimum Gasteiger partial charge on any atom is -0.337 e. The molecule has 6 nitrogen and oxygen atoms in total. The lowest BCUT2D eigenvalue weighted by atomic mass is 10.1. The molecule has 23 heavy (non-hydrogen) atoms. The summed E-state index contributed by atoms with van der Waals surface area (Å²) in [6.45, 7) is 2.06. The molecule has 0 spiro atoms. The summed E-state index contributed by atoms with van der Waals surface area (Å²) in [6.07, 6.45) is 3.70. The van der Waals surface area contributed by atoms with Crippen LogP contribution in [0.4, 0.5) is 0 Å². The van der Waals surface area contributed by atoms with Gasteiger partial charge in [0.1, 0.15) is 5.82 Å². The molecule has 1 amide bonds. The van der Waals surface area contributed by atoms with E-state index >= 15 is 0 Å². The van der Waals surface area contributed by atoms with Gasteiger partial charge in [-0.25, -0.2) is 4.98 Å². The van der Waals surface area contributed by atoms with Gasteiger partial charge in [0.15, 0.2) is 0 Å². The van der Waals surface area contributed by atoms with Gasteiger partial charge in [-0.2, -0.15) is 5.26 Å². The minimum absolute atomic E-state index is 0.0330. The second-order valence-electron chi connectivity index (χ2n) is 5.84. The van der Waals surface area contributed by atoms with E-state index in [4.69, 9.17) is 5.26 Å². The Hall–Kier alpha value is -2.65. The molecule has 0 aliphatic carbocycles. The largest absolute Gasteiger partial charge is 0.337 e.